The van der Waals surface area contributed by atoms with Gasteiger partial charge in [0.2, 0.25) is 0 Å². The Bertz CT molecular complexity index is 510. The lowest BCUT2D eigenvalue weighted by Gasteiger charge is -2.06. The smallest absolute Gasteiger partial charge is 0.118 e. The largest absolute Gasteiger partial charge is 0.497 e. The molecule has 3 heteroatoms. The first-order chi connectivity index (χ1) is 9.31. The van der Waals surface area contributed by atoms with Crippen LogP contribution in [0.2, 0.25) is 0 Å². The lowest BCUT2D eigenvalue weighted by Crippen LogP contribution is -2.04. The molecule has 2 nitrogen and oxygen atoms in total. The highest BCUT2D eigenvalue weighted by Crippen LogP contribution is 2.24. The van der Waals surface area contributed by atoms with E-state index in [4.69, 9.17) is 4.74 Å². The van der Waals surface area contributed by atoms with E-state index >= 15 is 0 Å². The Morgan fingerprint density at radius 2 is 1.84 bits per heavy atom. The van der Waals surface area contributed by atoms with E-state index in [2.05, 4.69) is 41.7 Å². The van der Waals surface area contributed by atoms with Gasteiger partial charge < -0.3 is 10.1 Å². The van der Waals surface area contributed by atoms with Gasteiger partial charge in [0.15, 0.2) is 0 Å². The average molecular weight is 273 g/mol. The molecule has 2 rings (SSSR count). The normalized spacial score (nSPS) is 10.4. The van der Waals surface area contributed by atoms with Crippen molar-refractivity contribution in [3.8, 4) is 5.75 Å². The number of rotatable bonds is 6. The molecule has 0 unspecified atom stereocenters. The molecule has 0 amide bonds. The van der Waals surface area contributed by atoms with Gasteiger partial charge in [-0.05, 0) is 42.4 Å². The van der Waals surface area contributed by atoms with Crippen molar-refractivity contribution in [2.45, 2.75) is 17.2 Å². The third-order valence-corrected chi connectivity index (χ3v) is 3.91. The van der Waals surface area contributed by atoms with Crippen LogP contribution >= 0.6 is 11.8 Å². The third kappa shape index (κ3) is 4.30. The molecule has 0 aliphatic rings. The minimum Gasteiger partial charge on any atom is -0.497 e. The van der Waals surface area contributed by atoms with E-state index in [0.29, 0.717) is 0 Å². The summed E-state index contributed by atoms with van der Waals surface area (Å²) >= 11 is 1.86. The highest BCUT2D eigenvalue weighted by molar-refractivity contribution is 7.98. The summed E-state index contributed by atoms with van der Waals surface area (Å²) in [7, 11) is 3.66. The number of ether oxygens (including phenoxy) is 1. The molecule has 1 N–H and O–H groups in total. The molecule has 2 aromatic carbocycles. The maximum atomic E-state index is 5.16. The summed E-state index contributed by atoms with van der Waals surface area (Å²) in [5.74, 6) is 1.89. The molecule has 19 heavy (non-hydrogen) atoms. The van der Waals surface area contributed by atoms with Crippen LogP contribution in [0.3, 0.4) is 0 Å². The maximum absolute atomic E-state index is 5.16. The van der Waals surface area contributed by atoms with Crippen molar-refractivity contribution in [3.05, 3.63) is 59.7 Å². The molecule has 0 bridgehead atoms. The molecular weight excluding hydrogens is 254 g/mol. The Kier molecular flexibility index (Phi) is 5.31. The summed E-state index contributed by atoms with van der Waals surface area (Å²) in [4.78, 5) is 1.31. The standard InChI is InChI=1S/C16H19NOS/c1-17-11-14-4-3-5-16(10-14)19-12-13-6-8-15(18-2)9-7-13/h3-10,17H,11-12H2,1-2H3. The molecule has 0 aliphatic carbocycles. The van der Waals surface area contributed by atoms with E-state index in [0.717, 1.165) is 18.0 Å². The Morgan fingerprint density at radius 3 is 2.53 bits per heavy atom. The molecule has 0 spiro atoms. The van der Waals surface area contributed by atoms with E-state index in [1.165, 1.54) is 16.0 Å². The first kappa shape index (κ1) is 14.0. The van der Waals surface area contributed by atoms with Crippen molar-refractivity contribution in [1.29, 1.82) is 0 Å². The van der Waals surface area contributed by atoms with E-state index in [1.807, 2.05) is 30.9 Å². The van der Waals surface area contributed by atoms with Gasteiger partial charge in [-0.3, -0.25) is 0 Å². The molecule has 0 fully saturated rings. The second kappa shape index (κ2) is 7.22. The molecule has 0 heterocycles. The minimum absolute atomic E-state index is 0.907. The maximum Gasteiger partial charge on any atom is 0.118 e. The predicted molar refractivity (Wildman–Crippen MR) is 81.8 cm³/mol. The van der Waals surface area contributed by atoms with Crippen molar-refractivity contribution >= 4 is 11.8 Å². The number of thioether (sulfide) groups is 1. The summed E-state index contributed by atoms with van der Waals surface area (Å²) in [5, 5.41) is 3.17. The third-order valence-electron chi connectivity index (χ3n) is 2.84. The second-order valence-corrected chi connectivity index (χ2v) is 5.36. The summed E-state index contributed by atoms with van der Waals surface area (Å²) < 4.78 is 5.16. The van der Waals surface area contributed by atoms with Gasteiger partial charge in [-0.2, -0.15) is 0 Å². The molecule has 2 aromatic rings. The summed E-state index contributed by atoms with van der Waals surface area (Å²) in [5.41, 5.74) is 2.63. The molecule has 100 valence electrons. The SMILES string of the molecule is CNCc1cccc(SCc2ccc(OC)cc2)c1. The molecular formula is C16H19NOS. The highest BCUT2D eigenvalue weighted by Gasteiger charge is 1.99. The van der Waals surface area contributed by atoms with Gasteiger partial charge >= 0.3 is 0 Å². The van der Waals surface area contributed by atoms with Crippen molar-refractivity contribution in [2.75, 3.05) is 14.2 Å². The highest BCUT2D eigenvalue weighted by atomic mass is 32.2. The first-order valence-electron chi connectivity index (χ1n) is 6.31. The molecule has 0 radical (unpaired) electrons. The van der Waals surface area contributed by atoms with Crippen LogP contribution in [0.1, 0.15) is 11.1 Å². The number of nitrogens with one attached hydrogen (secondary N) is 1. The van der Waals surface area contributed by atoms with Crippen molar-refractivity contribution in [3.63, 3.8) is 0 Å². The van der Waals surface area contributed by atoms with E-state index in [9.17, 15) is 0 Å². The van der Waals surface area contributed by atoms with Gasteiger partial charge in [0, 0.05) is 17.2 Å². The number of hydrogen-bond acceptors (Lipinski definition) is 3. The summed E-state index contributed by atoms with van der Waals surface area (Å²) in [6.07, 6.45) is 0. The van der Waals surface area contributed by atoms with Gasteiger partial charge in [0.05, 0.1) is 7.11 Å². The Balaban J connectivity index is 1.95. The number of methoxy groups -OCH3 is 1. The number of hydrogen-bond donors (Lipinski definition) is 1. The topological polar surface area (TPSA) is 21.3 Å². The lowest BCUT2D eigenvalue weighted by atomic mass is 10.2. The van der Waals surface area contributed by atoms with Crippen LogP contribution in [0.25, 0.3) is 0 Å². The van der Waals surface area contributed by atoms with Crippen LogP contribution in [0.5, 0.6) is 5.75 Å². The summed E-state index contributed by atoms with van der Waals surface area (Å²) in [6, 6.07) is 16.9. The zero-order valence-corrected chi connectivity index (χ0v) is 12.2. The van der Waals surface area contributed by atoms with Crippen LogP contribution in [0.15, 0.2) is 53.4 Å². The zero-order valence-electron chi connectivity index (χ0n) is 11.3. The average Bonchev–Trinajstić information content (AvgIpc) is 2.46. The lowest BCUT2D eigenvalue weighted by molar-refractivity contribution is 0.414. The van der Waals surface area contributed by atoms with Crippen molar-refractivity contribution in [1.82, 2.24) is 5.32 Å². The zero-order chi connectivity index (χ0) is 13.5. The Hall–Kier alpha value is -1.45. The first-order valence-corrected chi connectivity index (χ1v) is 7.29. The monoisotopic (exact) mass is 273 g/mol. The molecule has 0 saturated carbocycles. The Morgan fingerprint density at radius 1 is 1.05 bits per heavy atom. The van der Waals surface area contributed by atoms with Gasteiger partial charge in [-0.1, -0.05) is 24.3 Å². The fraction of sp³-hybridized carbons (Fsp3) is 0.250. The van der Waals surface area contributed by atoms with E-state index in [-0.39, 0.29) is 0 Å². The Labute approximate surface area is 119 Å². The van der Waals surface area contributed by atoms with E-state index < -0.39 is 0 Å². The minimum atomic E-state index is 0.907. The van der Waals surface area contributed by atoms with E-state index in [1.54, 1.807) is 7.11 Å². The molecule has 0 aliphatic heterocycles. The van der Waals surface area contributed by atoms with Gasteiger partial charge in [0.1, 0.15) is 5.75 Å². The quantitative estimate of drug-likeness (QED) is 0.811. The van der Waals surface area contributed by atoms with Crippen LogP contribution in [-0.2, 0) is 12.3 Å². The fourth-order valence-corrected chi connectivity index (χ4v) is 2.77. The van der Waals surface area contributed by atoms with Gasteiger partial charge in [-0.15, -0.1) is 11.8 Å². The molecule has 0 atom stereocenters. The second-order valence-electron chi connectivity index (χ2n) is 4.31. The van der Waals surface area contributed by atoms with Crippen LogP contribution in [0.4, 0.5) is 0 Å². The number of benzene rings is 2. The van der Waals surface area contributed by atoms with Crippen molar-refractivity contribution in [2.24, 2.45) is 0 Å². The van der Waals surface area contributed by atoms with Gasteiger partial charge in [-0.25, -0.2) is 0 Å². The van der Waals surface area contributed by atoms with Crippen LogP contribution < -0.4 is 10.1 Å². The molecule has 0 aromatic heterocycles. The van der Waals surface area contributed by atoms with Crippen LogP contribution in [-0.4, -0.2) is 14.2 Å². The fourth-order valence-electron chi connectivity index (χ4n) is 1.84. The summed E-state index contributed by atoms with van der Waals surface area (Å²) in [6.45, 7) is 0.914. The van der Waals surface area contributed by atoms with Gasteiger partial charge in [0.25, 0.3) is 0 Å². The molecule has 0 saturated heterocycles. The van der Waals surface area contributed by atoms with Crippen molar-refractivity contribution < 1.29 is 4.74 Å². The predicted octanol–water partition coefficient (Wildman–Crippen LogP) is 3.71. The van der Waals surface area contributed by atoms with Crippen LogP contribution in [0, 0.1) is 0 Å².